The highest BCUT2D eigenvalue weighted by molar-refractivity contribution is 5.80. The van der Waals surface area contributed by atoms with Crippen LogP contribution in [-0.4, -0.2) is 35.8 Å². The number of hydrogen-bond acceptors (Lipinski definition) is 6. The molecule has 8 heteroatoms. The van der Waals surface area contributed by atoms with Crippen LogP contribution in [0.1, 0.15) is 25.0 Å². The summed E-state index contributed by atoms with van der Waals surface area (Å²) < 4.78 is 21.8. The number of carboxylic acids is 1. The fraction of sp³-hybridized carbons (Fsp3) is 0.333. The lowest BCUT2D eigenvalue weighted by Gasteiger charge is -2.21. The molecule has 0 spiro atoms. The molecule has 0 fully saturated rings. The quantitative estimate of drug-likeness (QED) is 0.700. The molecule has 1 amide bonds. The molecule has 8 nitrogen and oxygen atoms in total. The zero-order valence-electron chi connectivity index (χ0n) is 16.2. The van der Waals surface area contributed by atoms with Crippen molar-refractivity contribution in [3.8, 4) is 11.5 Å². The standard InChI is InChI=1S/C21H23NO7/c1-3-27-21(2)28-17-10-9-15(12-18(17)29-21)11-16(19(23)24)22-20(25)26-13-14-7-5-4-6-8-14/h4-10,12,16H,3,11,13H2,1-2H3,(H,22,25)(H,23,24). The molecule has 0 bridgehead atoms. The number of amides is 1. The first-order chi connectivity index (χ1) is 13.9. The van der Waals surface area contributed by atoms with Gasteiger partial charge in [-0.15, -0.1) is 0 Å². The number of fused-ring (bicyclic) bond motifs is 1. The second-order valence-electron chi connectivity index (χ2n) is 6.58. The van der Waals surface area contributed by atoms with Crippen LogP contribution >= 0.6 is 0 Å². The van der Waals surface area contributed by atoms with E-state index in [1.807, 2.05) is 37.3 Å². The highest BCUT2D eigenvalue weighted by Crippen LogP contribution is 2.40. The lowest BCUT2D eigenvalue weighted by Crippen LogP contribution is -2.42. The zero-order chi connectivity index (χ0) is 20.9. The number of carbonyl (C=O) groups is 2. The number of alkyl carbamates (subject to hydrolysis) is 1. The molecule has 0 radical (unpaired) electrons. The molecule has 2 N–H and O–H groups in total. The van der Waals surface area contributed by atoms with Gasteiger partial charge in [0.05, 0.1) is 6.61 Å². The third kappa shape index (κ3) is 5.39. The van der Waals surface area contributed by atoms with E-state index in [-0.39, 0.29) is 13.0 Å². The number of carboxylic acid groups (broad SMARTS) is 1. The van der Waals surface area contributed by atoms with E-state index >= 15 is 0 Å². The molecule has 2 aromatic rings. The van der Waals surface area contributed by atoms with E-state index in [2.05, 4.69) is 5.32 Å². The number of nitrogens with one attached hydrogen (secondary N) is 1. The number of hydrogen-bond donors (Lipinski definition) is 2. The summed E-state index contributed by atoms with van der Waals surface area (Å²) in [6, 6.07) is 13.0. The monoisotopic (exact) mass is 401 g/mol. The number of carbonyl (C=O) groups excluding carboxylic acids is 1. The third-order valence-electron chi connectivity index (χ3n) is 4.25. The summed E-state index contributed by atoms with van der Waals surface area (Å²) in [6.07, 6.45) is -0.747. The van der Waals surface area contributed by atoms with Gasteiger partial charge in [0.2, 0.25) is 0 Å². The lowest BCUT2D eigenvalue weighted by molar-refractivity contribution is -0.266. The Bertz CT molecular complexity index is 871. The summed E-state index contributed by atoms with van der Waals surface area (Å²) in [7, 11) is 0. The predicted octanol–water partition coefficient (Wildman–Crippen LogP) is 3.09. The molecule has 0 aromatic heterocycles. The Kier molecular flexibility index (Phi) is 6.23. The predicted molar refractivity (Wildman–Crippen MR) is 103 cm³/mol. The summed E-state index contributed by atoms with van der Waals surface area (Å²) >= 11 is 0. The summed E-state index contributed by atoms with van der Waals surface area (Å²) in [4.78, 5) is 23.6. The Morgan fingerprint density at radius 2 is 1.83 bits per heavy atom. The molecule has 1 aliphatic rings. The molecule has 154 valence electrons. The van der Waals surface area contributed by atoms with Crippen molar-refractivity contribution >= 4 is 12.1 Å². The average molecular weight is 401 g/mol. The van der Waals surface area contributed by atoms with Crippen molar-refractivity contribution in [2.75, 3.05) is 6.61 Å². The molecule has 0 saturated carbocycles. The van der Waals surface area contributed by atoms with Gasteiger partial charge in [0.15, 0.2) is 11.5 Å². The van der Waals surface area contributed by atoms with Crippen molar-refractivity contribution in [1.29, 1.82) is 0 Å². The first-order valence-electron chi connectivity index (χ1n) is 9.23. The molecular formula is C21H23NO7. The van der Waals surface area contributed by atoms with Gasteiger partial charge in [-0.25, -0.2) is 9.59 Å². The molecule has 0 aliphatic carbocycles. The fourth-order valence-corrected chi connectivity index (χ4v) is 2.93. The average Bonchev–Trinajstić information content (AvgIpc) is 3.02. The van der Waals surface area contributed by atoms with Crippen molar-refractivity contribution < 1.29 is 33.6 Å². The molecule has 0 saturated heterocycles. The SMILES string of the molecule is CCOC1(C)Oc2ccc(CC(NC(=O)OCc3ccccc3)C(=O)O)cc2O1. The van der Waals surface area contributed by atoms with Crippen LogP contribution in [0.3, 0.4) is 0 Å². The maximum atomic E-state index is 12.0. The van der Waals surface area contributed by atoms with Crippen molar-refractivity contribution in [3.05, 3.63) is 59.7 Å². The van der Waals surface area contributed by atoms with Crippen molar-refractivity contribution in [2.24, 2.45) is 0 Å². The van der Waals surface area contributed by atoms with Crippen molar-refractivity contribution in [3.63, 3.8) is 0 Å². The molecule has 2 atom stereocenters. The summed E-state index contributed by atoms with van der Waals surface area (Å²) in [5.41, 5.74) is 1.46. The van der Waals surface area contributed by atoms with Gasteiger partial charge in [-0.2, -0.15) is 0 Å². The first-order valence-corrected chi connectivity index (χ1v) is 9.23. The van der Waals surface area contributed by atoms with E-state index < -0.39 is 24.1 Å². The van der Waals surface area contributed by atoms with E-state index in [0.717, 1.165) is 5.56 Å². The largest absolute Gasteiger partial charge is 0.480 e. The Hall–Kier alpha value is -3.26. The van der Waals surface area contributed by atoms with Gasteiger partial charge in [0, 0.05) is 13.3 Å². The number of aliphatic carboxylic acids is 1. The molecule has 1 aliphatic heterocycles. The highest BCUT2D eigenvalue weighted by atomic mass is 16.9. The second kappa shape index (κ2) is 8.83. The lowest BCUT2D eigenvalue weighted by atomic mass is 10.1. The van der Waals surface area contributed by atoms with Gasteiger partial charge in [0.1, 0.15) is 12.6 Å². The number of rotatable bonds is 8. The van der Waals surface area contributed by atoms with Gasteiger partial charge >= 0.3 is 18.0 Å². The third-order valence-corrected chi connectivity index (χ3v) is 4.25. The van der Waals surface area contributed by atoms with E-state index in [4.69, 9.17) is 18.9 Å². The Labute approximate surface area is 168 Å². The minimum absolute atomic E-state index is 0.0533. The van der Waals surface area contributed by atoms with Gasteiger partial charge < -0.3 is 29.4 Å². The van der Waals surface area contributed by atoms with Crippen LogP contribution < -0.4 is 14.8 Å². The van der Waals surface area contributed by atoms with E-state index in [9.17, 15) is 14.7 Å². The molecule has 1 heterocycles. The first kappa shape index (κ1) is 20.5. The van der Waals surface area contributed by atoms with Gasteiger partial charge in [-0.3, -0.25) is 0 Å². The fourth-order valence-electron chi connectivity index (χ4n) is 2.93. The van der Waals surface area contributed by atoms with Gasteiger partial charge in [0.25, 0.3) is 0 Å². The molecular weight excluding hydrogens is 378 g/mol. The molecule has 2 aromatic carbocycles. The Morgan fingerprint density at radius 1 is 1.10 bits per heavy atom. The molecule has 29 heavy (non-hydrogen) atoms. The van der Waals surface area contributed by atoms with Crippen LogP contribution in [0.5, 0.6) is 11.5 Å². The number of benzene rings is 2. The minimum Gasteiger partial charge on any atom is -0.480 e. The number of ether oxygens (including phenoxy) is 4. The normalized spacial score (nSPS) is 18.1. The van der Waals surface area contributed by atoms with Crippen LogP contribution in [0.25, 0.3) is 0 Å². The summed E-state index contributed by atoms with van der Waals surface area (Å²) in [5, 5.41) is 11.9. The van der Waals surface area contributed by atoms with Crippen molar-refractivity contribution in [2.45, 2.75) is 38.9 Å². The zero-order valence-corrected chi connectivity index (χ0v) is 16.2. The van der Waals surface area contributed by atoms with Crippen LogP contribution in [0.15, 0.2) is 48.5 Å². The van der Waals surface area contributed by atoms with E-state index in [1.165, 1.54) is 0 Å². The molecule has 3 rings (SSSR count). The Morgan fingerprint density at radius 3 is 2.52 bits per heavy atom. The van der Waals surface area contributed by atoms with E-state index in [0.29, 0.717) is 23.7 Å². The minimum atomic E-state index is -1.21. The topological polar surface area (TPSA) is 103 Å². The van der Waals surface area contributed by atoms with E-state index in [1.54, 1.807) is 25.1 Å². The molecule has 2 unspecified atom stereocenters. The smallest absolute Gasteiger partial charge is 0.408 e. The summed E-state index contributed by atoms with van der Waals surface area (Å²) in [5.74, 6) is -1.42. The Balaban J connectivity index is 1.60. The van der Waals surface area contributed by atoms with Crippen LogP contribution in [0.4, 0.5) is 4.79 Å². The highest BCUT2D eigenvalue weighted by Gasteiger charge is 2.38. The van der Waals surface area contributed by atoms with Crippen LogP contribution in [-0.2, 0) is 27.3 Å². The van der Waals surface area contributed by atoms with Crippen LogP contribution in [0, 0.1) is 0 Å². The van der Waals surface area contributed by atoms with Gasteiger partial charge in [-0.1, -0.05) is 36.4 Å². The maximum Gasteiger partial charge on any atom is 0.408 e. The van der Waals surface area contributed by atoms with Crippen molar-refractivity contribution in [1.82, 2.24) is 5.32 Å². The maximum absolute atomic E-state index is 12.0. The second-order valence-corrected chi connectivity index (χ2v) is 6.58. The summed E-state index contributed by atoms with van der Waals surface area (Å²) in [6.45, 7) is 3.94. The van der Waals surface area contributed by atoms with Crippen LogP contribution in [0.2, 0.25) is 0 Å². The van der Waals surface area contributed by atoms with Gasteiger partial charge in [-0.05, 0) is 30.2 Å².